The van der Waals surface area contributed by atoms with Crippen LogP contribution in [-0.2, 0) is 0 Å². The van der Waals surface area contributed by atoms with Gasteiger partial charge in [0.1, 0.15) is 0 Å². The Morgan fingerprint density at radius 3 is 2.88 bits per heavy atom. The predicted octanol–water partition coefficient (Wildman–Crippen LogP) is 3.09. The summed E-state index contributed by atoms with van der Waals surface area (Å²) in [5.74, 6) is 0.489. The van der Waals surface area contributed by atoms with Gasteiger partial charge in [-0.05, 0) is 58.6 Å². The van der Waals surface area contributed by atoms with E-state index in [-0.39, 0.29) is 0 Å². The fourth-order valence-corrected chi connectivity index (χ4v) is 2.42. The molecular weight excluding hydrogens is 278 g/mol. The Morgan fingerprint density at radius 1 is 1.47 bits per heavy atom. The monoisotopic (exact) mass is 293 g/mol. The molecule has 17 heavy (non-hydrogen) atoms. The van der Waals surface area contributed by atoms with Gasteiger partial charge in [-0.3, -0.25) is 0 Å². The van der Waals surface area contributed by atoms with Crippen LogP contribution in [0.15, 0.2) is 41.1 Å². The van der Waals surface area contributed by atoms with Crippen LogP contribution >= 0.6 is 15.9 Å². The minimum atomic E-state index is 0.489. The Bertz CT molecular complexity index is 479. The molecule has 1 aromatic carbocycles. The van der Waals surface area contributed by atoms with Crippen LogP contribution < -0.4 is 5.73 Å². The molecule has 0 radical (unpaired) electrons. The molecule has 2 aromatic rings. The van der Waals surface area contributed by atoms with Gasteiger partial charge >= 0.3 is 0 Å². The first-order chi connectivity index (χ1) is 8.22. The van der Waals surface area contributed by atoms with Gasteiger partial charge in [-0.15, -0.1) is 0 Å². The van der Waals surface area contributed by atoms with Crippen LogP contribution in [0.2, 0.25) is 0 Å². The van der Waals surface area contributed by atoms with E-state index in [1.807, 2.05) is 16.9 Å². The topological polar surface area (TPSA) is 43.8 Å². The first-order valence-corrected chi connectivity index (χ1v) is 6.51. The molecule has 1 atom stereocenters. The van der Waals surface area contributed by atoms with Gasteiger partial charge in [0, 0.05) is 16.9 Å². The number of halogens is 1. The predicted molar refractivity (Wildman–Crippen MR) is 73.4 cm³/mol. The number of benzene rings is 1. The average Bonchev–Trinajstić information content (AvgIpc) is 2.82. The van der Waals surface area contributed by atoms with Gasteiger partial charge in [0.2, 0.25) is 0 Å². The van der Waals surface area contributed by atoms with Crippen LogP contribution in [0.1, 0.15) is 24.8 Å². The van der Waals surface area contributed by atoms with Crippen LogP contribution in [0, 0.1) is 0 Å². The molecule has 0 bridgehead atoms. The average molecular weight is 294 g/mol. The van der Waals surface area contributed by atoms with Crippen molar-refractivity contribution in [1.29, 1.82) is 0 Å². The normalized spacial score (nSPS) is 12.6. The van der Waals surface area contributed by atoms with E-state index in [4.69, 9.17) is 5.73 Å². The van der Waals surface area contributed by atoms with E-state index in [1.54, 1.807) is 6.20 Å². The molecule has 2 rings (SSSR count). The van der Waals surface area contributed by atoms with Crippen molar-refractivity contribution in [3.63, 3.8) is 0 Å². The maximum Gasteiger partial charge on any atom is 0.0787 e. The van der Waals surface area contributed by atoms with Gasteiger partial charge in [-0.2, -0.15) is 5.10 Å². The highest BCUT2D eigenvalue weighted by Gasteiger charge is 2.08. The summed E-state index contributed by atoms with van der Waals surface area (Å²) < 4.78 is 2.91. The van der Waals surface area contributed by atoms with Gasteiger partial charge in [-0.1, -0.05) is 13.0 Å². The summed E-state index contributed by atoms with van der Waals surface area (Å²) in [6.45, 7) is 2.92. The van der Waals surface area contributed by atoms with Crippen LogP contribution in [-0.4, -0.2) is 16.3 Å². The van der Waals surface area contributed by atoms with Gasteiger partial charge in [0.15, 0.2) is 0 Å². The summed E-state index contributed by atoms with van der Waals surface area (Å²) in [6, 6.07) is 8.29. The molecular formula is C13H16BrN3. The van der Waals surface area contributed by atoms with E-state index in [2.05, 4.69) is 46.2 Å². The van der Waals surface area contributed by atoms with E-state index in [9.17, 15) is 0 Å². The van der Waals surface area contributed by atoms with E-state index in [0.717, 1.165) is 23.1 Å². The molecule has 1 aromatic heterocycles. The van der Waals surface area contributed by atoms with Crippen LogP contribution in [0.25, 0.3) is 5.69 Å². The number of hydrogen-bond acceptors (Lipinski definition) is 2. The van der Waals surface area contributed by atoms with Crippen molar-refractivity contribution in [2.75, 3.05) is 6.54 Å². The molecule has 0 spiro atoms. The van der Waals surface area contributed by atoms with Gasteiger partial charge in [-0.25, -0.2) is 4.68 Å². The van der Waals surface area contributed by atoms with Crippen molar-refractivity contribution in [3.8, 4) is 5.69 Å². The molecule has 0 aliphatic rings. The van der Waals surface area contributed by atoms with Crippen LogP contribution in [0.3, 0.4) is 0 Å². The smallest absolute Gasteiger partial charge is 0.0787 e. The van der Waals surface area contributed by atoms with Crippen molar-refractivity contribution in [3.05, 3.63) is 46.7 Å². The molecule has 4 heteroatoms. The molecule has 0 saturated carbocycles. The van der Waals surface area contributed by atoms with Crippen molar-refractivity contribution < 1.29 is 0 Å². The fraction of sp³-hybridized carbons (Fsp3) is 0.308. The molecule has 0 amide bonds. The molecule has 0 saturated heterocycles. The molecule has 0 fully saturated rings. The lowest BCUT2D eigenvalue weighted by atomic mass is 9.98. The lowest BCUT2D eigenvalue weighted by molar-refractivity contribution is 0.689. The van der Waals surface area contributed by atoms with E-state index < -0.39 is 0 Å². The Kier molecular flexibility index (Phi) is 3.97. The molecule has 90 valence electrons. The zero-order valence-corrected chi connectivity index (χ0v) is 11.4. The summed E-state index contributed by atoms with van der Waals surface area (Å²) in [5, 5.41) is 4.22. The molecule has 1 unspecified atom stereocenters. The fourth-order valence-electron chi connectivity index (χ4n) is 1.84. The summed E-state index contributed by atoms with van der Waals surface area (Å²) in [6.07, 6.45) is 4.72. The second-order valence-electron chi connectivity index (χ2n) is 4.14. The zero-order chi connectivity index (χ0) is 12.3. The molecule has 1 heterocycles. The number of nitrogens with zero attached hydrogens (tertiary/aromatic N) is 2. The summed E-state index contributed by atoms with van der Waals surface area (Å²) in [5.41, 5.74) is 7.94. The summed E-state index contributed by atoms with van der Waals surface area (Å²) in [7, 11) is 0. The lowest BCUT2D eigenvalue weighted by Crippen LogP contribution is -2.05. The Balaban J connectivity index is 2.29. The zero-order valence-electron chi connectivity index (χ0n) is 9.81. The summed E-state index contributed by atoms with van der Waals surface area (Å²) in [4.78, 5) is 0. The standard InChI is InChI=1S/C13H16BrN3/c1-10(5-6-15)11-3-4-13(12(14)9-11)17-8-2-7-16-17/h2-4,7-10H,5-6,15H2,1H3. The van der Waals surface area contributed by atoms with Gasteiger partial charge in [0.25, 0.3) is 0 Å². The SMILES string of the molecule is CC(CCN)c1ccc(-n2cccn2)c(Br)c1. The minimum absolute atomic E-state index is 0.489. The van der Waals surface area contributed by atoms with Crippen molar-refractivity contribution in [1.82, 2.24) is 9.78 Å². The minimum Gasteiger partial charge on any atom is -0.330 e. The van der Waals surface area contributed by atoms with Crippen LogP contribution in [0.5, 0.6) is 0 Å². The highest BCUT2D eigenvalue weighted by Crippen LogP contribution is 2.26. The third-order valence-electron chi connectivity index (χ3n) is 2.89. The number of aromatic nitrogens is 2. The van der Waals surface area contributed by atoms with Gasteiger partial charge < -0.3 is 5.73 Å². The van der Waals surface area contributed by atoms with E-state index in [1.165, 1.54) is 5.56 Å². The van der Waals surface area contributed by atoms with Crippen molar-refractivity contribution >= 4 is 15.9 Å². The van der Waals surface area contributed by atoms with Crippen molar-refractivity contribution in [2.45, 2.75) is 19.3 Å². The third kappa shape index (κ3) is 2.76. The van der Waals surface area contributed by atoms with Crippen LogP contribution in [0.4, 0.5) is 0 Å². The Labute approximate surface area is 110 Å². The highest BCUT2D eigenvalue weighted by atomic mass is 79.9. The second kappa shape index (κ2) is 5.47. The highest BCUT2D eigenvalue weighted by molar-refractivity contribution is 9.10. The number of hydrogen-bond donors (Lipinski definition) is 1. The van der Waals surface area contributed by atoms with E-state index >= 15 is 0 Å². The maximum absolute atomic E-state index is 5.59. The quantitative estimate of drug-likeness (QED) is 0.941. The Morgan fingerprint density at radius 2 is 2.29 bits per heavy atom. The van der Waals surface area contributed by atoms with Gasteiger partial charge in [0.05, 0.1) is 5.69 Å². The summed E-state index contributed by atoms with van der Waals surface area (Å²) >= 11 is 3.60. The van der Waals surface area contributed by atoms with Crippen molar-refractivity contribution in [2.24, 2.45) is 5.73 Å². The first-order valence-electron chi connectivity index (χ1n) is 5.72. The van der Waals surface area contributed by atoms with E-state index in [0.29, 0.717) is 5.92 Å². The number of rotatable bonds is 4. The Hall–Kier alpha value is -1.13. The number of nitrogens with two attached hydrogens (primary N) is 1. The second-order valence-corrected chi connectivity index (χ2v) is 4.99. The molecule has 0 aliphatic carbocycles. The molecule has 2 N–H and O–H groups in total. The largest absolute Gasteiger partial charge is 0.330 e. The maximum atomic E-state index is 5.59. The lowest BCUT2D eigenvalue weighted by Gasteiger charge is -2.13. The first kappa shape index (κ1) is 12.3. The third-order valence-corrected chi connectivity index (χ3v) is 3.53. The molecule has 0 aliphatic heterocycles. The molecule has 3 nitrogen and oxygen atoms in total.